The number of carboxylic acid groups (broad SMARTS) is 1. The van der Waals surface area contributed by atoms with Gasteiger partial charge in [0.15, 0.2) is 0 Å². The molecule has 2 atom stereocenters. The van der Waals surface area contributed by atoms with E-state index in [0.29, 0.717) is 19.4 Å². The normalized spacial score (nSPS) is 19.6. The van der Waals surface area contributed by atoms with Crippen molar-refractivity contribution in [2.75, 3.05) is 6.54 Å². The smallest absolute Gasteiger partial charge is 0.223 e. The maximum absolute atomic E-state index is 12.6. The molecule has 0 spiro atoms. The molecule has 0 aliphatic heterocycles. The monoisotopic (exact) mass is 364 g/mol. The molecule has 142 valence electrons. The average molecular weight is 364 g/mol. The van der Waals surface area contributed by atoms with Crippen LogP contribution in [0.5, 0.6) is 0 Å². The van der Waals surface area contributed by atoms with E-state index in [-0.39, 0.29) is 11.8 Å². The van der Waals surface area contributed by atoms with Crippen LogP contribution < -0.4 is 10.4 Å². The van der Waals surface area contributed by atoms with E-state index < -0.39 is 17.8 Å². The first-order chi connectivity index (χ1) is 13.2. The van der Waals surface area contributed by atoms with Gasteiger partial charge in [0.2, 0.25) is 5.91 Å². The van der Waals surface area contributed by atoms with Crippen molar-refractivity contribution < 1.29 is 14.7 Å². The molecule has 3 rings (SSSR count). The molecule has 1 amide bonds. The lowest BCUT2D eigenvalue weighted by Gasteiger charge is -2.31. The molecule has 1 N–H and O–H groups in total. The van der Waals surface area contributed by atoms with Gasteiger partial charge in [-0.3, -0.25) is 4.79 Å². The van der Waals surface area contributed by atoms with Gasteiger partial charge in [0.05, 0.1) is 0 Å². The lowest BCUT2D eigenvalue weighted by atomic mass is 9.78. The Kier molecular flexibility index (Phi) is 6.64. The maximum atomic E-state index is 12.6. The highest BCUT2D eigenvalue weighted by atomic mass is 16.4. The number of amides is 1. The van der Waals surface area contributed by atoms with Crippen molar-refractivity contribution in [1.82, 2.24) is 5.32 Å². The molecule has 0 aromatic heterocycles. The fraction of sp³-hybridized carbons (Fsp3) is 0.391. The molecule has 4 nitrogen and oxygen atoms in total. The van der Waals surface area contributed by atoms with Crippen LogP contribution in [0.4, 0.5) is 0 Å². The summed E-state index contributed by atoms with van der Waals surface area (Å²) in [6.07, 6.45) is 3.69. The van der Waals surface area contributed by atoms with Crippen molar-refractivity contribution in [2.45, 2.75) is 38.0 Å². The summed E-state index contributed by atoms with van der Waals surface area (Å²) in [5.41, 5.74) is 2.42. The summed E-state index contributed by atoms with van der Waals surface area (Å²) in [7, 11) is 0. The summed E-state index contributed by atoms with van der Waals surface area (Å²) in [6, 6.07) is 20.5. The minimum Gasteiger partial charge on any atom is -0.550 e. The Labute approximate surface area is 160 Å². The zero-order valence-electron chi connectivity index (χ0n) is 15.5. The minimum atomic E-state index is -1.10. The molecule has 0 unspecified atom stereocenters. The summed E-state index contributed by atoms with van der Waals surface area (Å²) in [6.45, 7) is 0.517. The Morgan fingerprint density at radius 3 is 1.93 bits per heavy atom. The molecular formula is C23H26NO3-. The minimum absolute atomic E-state index is 0.149. The number of hydrogen-bond acceptors (Lipinski definition) is 3. The van der Waals surface area contributed by atoms with Crippen LogP contribution in [-0.2, 0) is 9.59 Å². The van der Waals surface area contributed by atoms with Gasteiger partial charge in [0.25, 0.3) is 0 Å². The number of rotatable bonds is 7. The SMILES string of the molecule is O=C([O-])[C@@H]1CCCC[C@H]1C(=O)NCCC(c1ccccc1)c1ccccc1. The van der Waals surface area contributed by atoms with Crippen LogP contribution in [0.3, 0.4) is 0 Å². The van der Waals surface area contributed by atoms with Gasteiger partial charge in [-0.05, 0) is 30.4 Å². The average Bonchev–Trinajstić information content (AvgIpc) is 2.72. The summed E-state index contributed by atoms with van der Waals surface area (Å²) in [4.78, 5) is 23.9. The third-order valence-electron chi connectivity index (χ3n) is 5.54. The van der Waals surface area contributed by atoms with Gasteiger partial charge in [0.1, 0.15) is 0 Å². The van der Waals surface area contributed by atoms with Gasteiger partial charge in [-0.15, -0.1) is 0 Å². The maximum Gasteiger partial charge on any atom is 0.223 e. The number of hydrogen-bond donors (Lipinski definition) is 1. The van der Waals surface area contributed by atoms with Crippen LogP contribution in [-0.4, -0.2) is 18.4 Å². The molecule has 2 aromatic carbocycles. The second kappa shape index (κ2) is 9.36. The van der Waals surface area contributed by atoms with E-state index in [1.165, 1.54) is 11.1 Å². The van der Waals surface area contributed by atoms with Crippen LogP contribution in [0.2, 0.25) is 0 Å². The lowest BCUT2D eigenvalue weighted by Crippen LogP contribution is -2.44. The van der Waals surface area contributed by atoms with Crippen molar-refractivity contribution in [3.8, 4) is 0 Å². The van der Waals surface area contributed by atoms with Crippen molar-refractivity contribution in [3.63, 3.8) is 0 Å². The first kappa shape index (κ1) is 19.2. The lowest BCUT2D eigenvalue weighted by molar-refractivity contribution is -0.314. The summed E-state index contributed by atoms with van der Waals surface area (Å²) in [5, 5.41) is 14.3. The molecule has 1 aliphatic rings. The number of nitrogens with one attached hydrogen (secondary N) is 1. The van der Waals surface area contributed by atoms with Gasteiger partial charge < -0.3 is 15.2 Å². The van der Waals surface area contributed by atoms with Crippen LogP contribution in [0, 0.1) is 11.8 Å². The van der Waals surface area contributed by atoms with E-state index in [9.17, 15) is 14.7 Å². The van der Waals surface area contributed by atoms with E-state index in [0.717, 1.165) is 19.3 Å². The fourth-order valence-corrected chi connectivity index (χ4v) is 4.09. The predicted molar refractivity (Wildman–Crippen MR) is 103 cm³/mol. The van der Waals surface area contributed by atoms with E-state index in [2.05, 4.69) is 29.6 Å². The van der Waals surface area contributed by atoms with Crippen LogP contribution in [0.1, 0.15) is 49.1 Å². The highest BCUT2D eigenvalue weighted by Crippen LogP contribution is 2.30. The Morgan fingerprint density at radius 2 is 1.41 bits per heavy atom. The molecule has 4 heteroatoms. The predicted octanol–water partition coefficient (Wildman–Crippen LogP) is 2.88. The number of carboxylic acids is 1. The second-order valence-electron chi connectivity index (χ2n) is 7.27. The molecule has 2 aromatic rings. The van der Waals surface area contributed by atoms with E-state index in [1.54, 1.807) is 0 Å². The quantitative estimate of drug-likeness (QED) is 0.821. The van der Waals surface area contributed by atoms with Gasteiger partial charge in [0, 0.05) is 30.3 Å². The van der Waals surface area contributed by atoms with Crippen molar-refractivity contribution >= 4 is 11.9 Å². The highest BCUT2D eigenvalue weighted by Gasteiger charge is 2.31. The zero-order chi connectivity index (χ0) is 19.1. The van der Waals surface area contributed by atoms with E-state index in [4.69, 9.17) is 0 Å². The van der Waals surface area contributed by atoms with E-state index in [1.807, 2.05) is 36.4 Å². The van der Waals surface area contributed by atoms with Crippen LogP contribution in [0.15, 0.2) is 60.7 Å². The van der Waals surface area contributed by atoms with E-state index >= 15 is 0 Å². The molecule has 27 heavy (non-hydrogen) atoms. The number of carbonyl (C=O) groups excluding carboxylic acids is 2. The fourth-order valence-electron chi connectivity index (χ4n) is 4.09. The molecule has 0 bridgehead atoms. The largest absolute Gasteiger partial charge is 0.550 e. The van der Waals surface area contributed by atoms with Gasteiger partial charge in [-0.25, -0.2) is 0 Å². The summed E-state index contributed by atoms with van der Waals surface area (Å²) < 4.78 is 0. The van der Waals surface area contributed by atoms with Crippen molar-refractivity contribution in [3.05, 3.63) is 71.8 Å². The molecule has 1 saturated carbocycles. The highest BCUT2D eigenvalue weighted by molar-refractivity contribution is 5.84. The van der Waals surface area contributed by atoms with Gasteiger partial charge in [-0.1, -0.05) is 73.5 Å². The van der Waals surface area contributed by atoms with Crippen molar-refractivity contribution in [2.24, 2.45) is 11.8 Å². The third kappa shape index (κ3) is 4.97. The van der Waals surface area contributed by atoms with Crippen molar-refractivity contribution in [1.29, 1.82) is 0 Å². The molecule has 1 aliphatic carbocycles. The third-order valence-corrected chi connectivity index (χ3v) is 5.54. The Hall–Kier alpha value is -2.62. The number of benzene rings is 2. The van der Waals surface area contributed by atoms with Crippen LogP contribution >= 0.6 is 0 Å². The molecule has 0 saturated heterocycles. The first-order valence-corrected chi connectivity index (χ1v) is 9.75. The van der Waals surface area contributed by atoms with Gasteiger partial charge >= 0.3 is 0 Å². The Bertz CT molecular complexity index is 705. The number of carbonyl (C=O) groups is 2. The first-order valence-electron chi connectivity index (χ1n) is 9.75. The standard InChI is InChI=1S/C23H27NO3/c25-22(20-13-7-8-14-21(20)23(26)27)24-16-15-19(17-9-3-1-4-10-17)18-11-5-2-6-12-18/h1-6,9-12,19-21H,7-8,13-16H2,(H,24,25)(H,26,27)/p-1/t20-,21-/m1/s1. The molecule has 0 radical (unpaired) electrons. The number of aliphatic carboxylic acids is 1. The Morgan fingerprint density at radius 1 is 0.889 bits per heavy atom. The Balaban J connectivity index is 1.64. The molecular weight excluding hydrogens is 338 g/mol. The summed E-state index contributed by atoms with van der Waals surface area (Å²) >= 11 is 0. The van der Waals surface area contributed by atoms with Crippen LogP contribution in [0.25, 0.3) is 0 Å². The molecule has 1 fully saturated rings. The topological polar surface area (TPSA) is 69.2 Å². The zero-order valence-corrected chi connectivity index (χ0v) is 15.5. The second-order valence-corrected chi connectivity index (χ2v) is 7.27. The van der Waals surface area contributed by atoms with Gasteiger partial charge in [-0.2, -0.15) is 0 Å². The molecule has 0 heterocycles. The summed E-state index contributed by atoms with van der Waals surface area (Å²) in [5.74, 6) is -2.17.